The van der Waals surface area contributed by atoms with E-state index in [0.29, 0.717) is 13.2 Å². The molecular weight excluding hydrogens is 492 g/mol. The first kappa shape index (κ1) is 33.4. The first-order valence-electron chi connectivity index (χ1n) is 15.4. The van der Waals surface area contributed by atoms with E-state index in [-0.39, 0.29) is 0 Å². The van der Waals surface area contributed by atoms with Gasteiger partial charge < -0.3 is 19.3 Å². The van der Waals surface area contributed by atoms with Crippen LogP contribution in [0.3, 0.4) is 0 Å². The summed E-state index contributed by atoms with van der Waals surface area (Å²) in [5.74, 6) is 1.92. The van der Waals surface area contributed by atoms with Crippen molar-refractivity contribution < 1.29 is 9.47 Å². The zero-order valence-electron chi connectivity index (χ0n) is 26.2. The minimum absolute atomic E-state index is 0.692. The molecule has 220 valence electrons. The molecule has 0 aromatic heterocycles. The van der Waals surface area contributed by atoms with E-state index in [4.69, 9.17) is 9.47 Å². The van der Waals surface area contributed by atoms with Crippen molar-refractivity contribution >= 4 is 11.1 Å². The number of allylic oxidation sites excluding steroid dienone is 4. The summed E-state index contributed by atoms with van der Waals surface area (Å²) in [4.78, 5) is 4.77. The van der Waals surface area contributed by atoms with Crippen molar-refractivity contribution in [1.82, 2.24) is 9.80 Å². The third-order valence-electron chi connectivity index (χ3n) is 7.74. The fourth-order valence-electron chi connectivity index (χ4n) is 5.28. The normalized spacial score (nSPS) is 12.0. The summed E-state index contributed by atoms with van der Waals surface area (Å²) in [6.45, 7) is 28.7. The largest absolute Gasteiger partial charge is 0.492 e. The quantitative estimate of drug-likeness (QED) is 0.123. The van der Waals surface area contributed by atoms with Crippen LogP contribution in [0, 0.1) is 0 Å². The number of rotatable bonds is 20. The lowest BCUT2D eigenvalue weighted by atomic mass is 9.89. The van der Waals surface area contributed by atoms with Gasteiger partial charge in [0.2, 0.25) is 0 Å². The Hall–Kier alpha value is -2.82. The summed E-state index contributed by atoms with van der Waals surface area (Å²) >= 11 is 0. The van der Waals surface area contributed by atoms with Crippen molar-refractivity contribution in [3.05, 3.63) is 84.0 Å². The number of ether oxygens (including phenoxy) is 2. The zero-order chi connectivity index (χ0) is 29.3. The first-order chi connectivity index (χ1) is 19.5. The van der Waals surface area contributed by atoms with Crippen LogP contribution >= 0.6 is 0 Å². The molecule has 0 radical (unpaired) electrons. The molecule has 0 heterocycles. The Morgan fingerprint density at radius 2 is 1.00 bits per heavy atom. The summed E-state index contributed by atoms with van der Waals surface area (Å²) in [7, 11) is 0. The van der Waals surface area contributed by atoms with Gasteiger partial charge in [-0.25, -0.2) is 0 Å². The predicted octanol–water partition coefficient (Wildman–Crippen LogP) is 8.32. The third-order valence-corrected chi connectivity index (χ3v) is 7.74. The van der Waals surface area contributed by atoms with Gasteiger partial charge in [-0.1, -0.05) is 65.8 Å². The second-order valence-electron chi connectivity index (χ2n) is 10.0. The number of benzene rings is 2. The average Bonchev–Trinajstić information content (AvgIpc) is 2.98. The van der Waals surface area contributed by atoms with Crippen LogP contribution in [0.2, 0.25) is 0 Å². The SMILES string of the molecule is C=CCc1cc(C(CC)=C(CC)c2ccc(OCCN(CC)CC)c(CC=C)c2)ccc1OCCN(CC)CC. The van der Waals surface area contributed by atoms with E-state index in [9.17, 15) is 0 Å². The highest BCUT2D eigenvalue weighted by molar-refractivity contribution is 5.91. The maximum Gasteiger partial charge on any atom is 0.122 e. The molecule has 0 aliphatic carbocycles. The lowest BCUT2D eigenvalue weighted by molar-refractivity contribution is 0.222. The van der Waals surface area contributed by atoms with Gasteiger partial charge in [-0.3, -0.25) is 0 Å². The number of likely N-dealkylation sites (N-methyl/N-ethyl adjacent to an activating group) is 2. The summed E-state index contributed by atoms with van der Waals surface area (Å²) in [5, 5.41) is 0. The van der Waals surface area contributed by atoms with Crippen molar-refractivity contribution in [3.63, 3.8) is 0 Å². The van der Waals surface area contributed by atoms with Crippen LogP contribution < -0.4 is 9.47 Å². The van der Waals surface area contributed by atoms with Gasteiger partial charge in [-0.05, 0) is 110 Å². The van der Waals surface area contributed by atoms with E-state index in [1.165, 1.54) is 33.4 Å². The Bertz CT molecular complexity index is 995. The molecule has 0 fully saturated rings. The van der Waals surface area contributed by atoms with Gasteiger partial charge in [0.15, 0.2) is 0 Å². The van der Waals surface area contributed by atoms with Crippen LogP contribution in [0.1, 0.15) is 76.6 Å². The first-order valence-corrected chi connectivity index (χ1v) is 15.4. The fourth-order valence-corrected chi connectivity index (χ4v) is 5.28. The molecule has 0 amide bonds. The highest BCUT2D eigenvalue weighted by atomic mass is 16.5. The Morgan fingerprint density at radius 1 is 0.625 bits per heavy atom. The zero-order valence-corrected chi connectivity index (χ0v) is 26.2. The standard InChI is InChI=1S/C36H54N2O2/c1-9-17-31-27-29(19-21-35(31)39-25-23-37(13-5)14-6)33(11-3)34(12-4)30-20-22-36(32(28-30)18-10-2)40-26-24-38(15-7)16-8/h9-10,19-22,27-28H,1-2,11-18,23-26H2,3-8H3. The Kier molecular flexibility index (Phi) is 15.5. The predicted molar refractivity (Wildman–Crippen MR) is 175 cm³/mol. The second-order valence-corrected chi connectivity index (χ2v) is 10.0. The van der Waals surface area contributed by atoms with Crippen molar-refractivity contribution in [1.29, 1.82) is 0 Å². The molecule has 0 atom stereocenters. The molecule has 0 aliphatic heterocycles. The molecule has 2 rings (SSSR count). The summed E-state index contributed by atoms with van der Waals surface area (Å²) in [6, 6.07) is 13.4. The maximum absolute atomic E-state index is 6.25. The van der Waals surface area contributed by atoms with E-state index in [0.717, 1.165) is 76.5 Å². The van der Waals surface area contributed by atoms with Crippen LogP contribution in [0.5, 0.6) is 11.5 Å². The molecule has 0 unspecified atom stereocenters. The minimum Gasteiger partial charge on any atom is -0.492 e. The molecule has 4 heteroatoms. The maximum atomic E-state index is 6.25. The lowest BCUT2D eigenvalue weighted by Gasteiger charge is -2.21. The van der Waals surface area contributed by atoms with Crippen molar-refractivity contribution in [2.75, 3.05) is 52.5 Å². The van der Waals surface area contributed by atoms with Crippen LogP contribution in [-0.4, -0.2) is 62.3 Å². The summed E-state index contributed by atoms with van der Waals surface area (Å²) in [6.07, 6.45) is 7.42. The topological polar surface area (TPSA) is 24.9 Å². The molecular formula is C36H54N2O2. The second kappa shape index (κ2) is 18.5. The minimum atomic E-state index is 0.692. The molecule has 4 nitrogen and oxygen atoms in total. The van der Waals surface area contributed by atoms with E-state index < -0.39 is 0 Å². The molecule has 0 saturated carbocycles. The van der Waals surface area contributed by atoms with Gasteiger partial charge in [0.05, 0.1) is 0 Å². The summed E-state index contributed by atoms with van der Waals surface area (Å²) in [5.41, 5.74) is 7.66. The fraction of sp³-hybridized carbons (Fsp3) is 0.500. The molecule has 40 heavy (non-hydrogen) atoms. The molecule has 0 aliphatic rings. The average molecular weight is 547 g/mol. The van der Waals surface area contributed by atoms with E-state index >= 15 is 0 Å². The molecule has 0 saturated heterocycles. The van der Waals surface area contributed by atoms with E-state index in [1.807, 2.05) is 12.2 Å². The van der Waals surface area contributed by atoms with E-state index in [1.54, 1.807) is 0 Å². The number of hydrogen-bond donors (Lipinski definition) is 0. The smallest absolute Gasteiger partial charge is 0.122 e. The molecule has 0 bridgehead atoms. The van der Waals surface area contributed by atoms with Gasteiger partial charge in [-0.15, -0.1) is 13.2 Å². The highest BCUT2D eigenvalue weighted by Crippen LogP contribution is 2.35. The van der Waals surface area contributed by atoms with Crippen LogP contribution in [0.15, 0.2) is 61.7 Å². The van der Waals surface area contributed by atoms with Gasteiger partial charge in [-0.2, -0.15) is 0 Å². The highest BCUT2D eigenvalue weighted by Gasteiger charge is 2.14. The van der Waals surface area contributed by atoms with Gasteiger partial charge in [0.1, 0.15) is 24.7 Å². The van der Waals surface area contributed by atoms with Gasteiger partial charge >= 0.3 is 0 Å². The van der Waals surface area contributed by atoms with Gasteiger partial charge in [0, 0.05) is 13.1 Å². The van der Waals surface area contributed by atoms with Crippen molar-refractivity contribution in [2.45, 2.75) is 67.2 Å². The summed E-state index contributed by atoms with van der Waals surface area (Å²) < 4.78 is 12.5. The van der Waals surface area contributed by atoms with E-state index in [2.05, 4.69) is 101 Å². The molecule has 2 aromatic carbocycles. The third kappa shape index (κ3) is 9.67. The molecule has 0 spiro atoms. The van der Waals surface area contributed by atoms with Gasteiger partial charge in [0.25, 0.3) is 0 Å². The monoisotopic (exact) mass is 546 g/mol. The van der Waals surface area contributed by atoms with Crippen molar-refractivity contribution in [2.24, 2.45) is 0 Å². The Balaban J connectivity index is 2.39. The lowest BCUT2D eigenvalue weighted by Crippen LogP contribution is -2.28. The number of hydrogen-bond acceptors (Lipinski definition) is 4. The van der Waals surface area contributed by atoms with Crippen LogP contribution in [-0.2, 0) is 12.8 Å². The Labute approximate surface area is 245 Å². The number of nitrogens with zero attached hydrogens (tertiary/aromatic N) is 2. The van der Waals surface area contributed by atoms with Crippen LogP contribution in [0.4, 0.5) is 0 Å². The van der Waals surface area contributed by atoms with Crippen molar-refractivity contribution in [3.8, 4) is 11.5 Å². The molecule has 0 N–H and O–H groups in total. The Morgan fingerprint density at radius 3 is 1.30 bits per heavy atom. The van der Waals surface area contributed by atoms with Crippen LogP contribution in [0.25, 0.3) is 11.1 Å². The molecule has 2 aromatic rings.